The smallest absolute Gasteiger partial charge is 0.336 e. The first-order chi connectivity index (χ1) is 12.7. The normalized spacial score (nSPS) is 23.4. The van der Waals surface area contributed by atoms with Gasteiger partial charge < -0.3 is 13.9 Å². The highest BCUT2D eigenvalue weighted by Gasteiger charge is 2.40. The van der Waals surface area contributed by atoms with Crippen molar-refractivity contribution in [2.45, 2.75) is 72.0 Å². The predicted octanol–water partition coefficient (Wildman–Crippen LogP) is 4.45. The number of carbonyl (C=O) groups excluding carboxylic acids is 1. The van der Waals surface area contributed by atoms with Crippen LogP contribution in [0.15, 0.2) is 15.3 Å². The Morgan fingerprint density at radius 2 is 1.93 bits per heavy atom. The van der Waals surface area contributed by atoms with E-state index in [0.29, 0.717) is 22.6 Å². The Hall–Kier alpha value is -2.30. The van der Waals surface area contributed by atoms with Crippen molar-refractivity contribution in [1.82, 2.24) is 0 Å². The van der Waals surface area contributed by atoms with Crippen LogP contribution in [0.3, 0.4) is 0 Å². The van der Waals surface area contributed by atoms with Crippen molar-refractivity contribution < 1.29 is 18.7 Å². The van der Waals surface area contributed by atoms with Crippen LogP contribution in [-0.2, 0) is 12.8 Å². The number of benzene rings is 1. The van der Waals surface area contributed by atoms with Gasteiger partial charge in [0.25, 0.3) is 0 Å². The van der Waals surface area contributed by atoms with E-state index in [0.717, 1.165) is 42.2 Å². The summed E-state index contributed by atoms with van der Waals surface area (Å²) in [6, 6.07) is 1.53. The number of fused-ring (bicyclic) bond motifs is 6. The van der Waals surface area contributed by atoms with Crippen LogP contribution in [0.4, 0.5) is 0 Å². The lowest BCUT2D eigenvalue weighted by Crippen LogP contribution is -2.37. The largest absolute Gasteiger partial charge is 0.489 e. The van der Waals surface area contributed by atoms with Crippen LogP contribution in [0.5, 0.6) is 11.5 Å². The van der Waals surface area contributed by atoms with Gasteiger partial charge in [-0.1, -0.05) is 20.3 Å². The maximum atomic E-state index is 13.2. The zero-order valence-electron chi connectivity index (χ0n) is 16.6. The Kier molecular flexibility index (Phi) is 4.09. The van der Waals surface area contributed by atoms with E-state index >= 15 is 0 Å². The quantitative estimate of drug-likeness (QED) is 0.731. The minimum atomic E-state index is -0.442. The van der Waals surface area contributed by atoms with Gasteiger partial charge in [-0.2, -0.15) is 0 Å². The summed E-state index contributed by atoms with van der Waals surface area (Å²) < 4.78 is 18.1. The standard InChI is InChI=1S/C22H26O5/c1-6-7-13-10-15(23)26-21-16(13)20-14(8-9-22(4,5)27-20)19-17(21)18(24)11(2)12(3)25-19/h10-12H,6-9H2,1-5H3/t11?,12-/m1/s1. The molecule has 0 N–H and O–H groups in total. The molecule has 0 saturated carbocycles. The second kappa shape index (κ2) is 6.11. The van der Waals surface area contributed by atoms with Crippen LogP contribution in [0, 0.1) is 5.92 Å². The van der Waals surface area contributed by atoms with Gasteiger partial charge in [-0.05, 0) is 45.6 Å². The molecule has 0 fully saturated rings. The fraction of sp³-hybridized carbons (Fsp3) is 0.545. The molecule has 2 aliphatic heterocycles. The van der Waals surface area contributed by atoms with Gasteiger partial charge >= 0.3 is 5.63 Å². The molecule has 5 heteroatoms. The molecule has 1 aromatic heterocycles. The van der Waals surface area contributed by atoms with E-state index in [2.05, 4.69) is 20.8 Å². The topological polar surface area (TPSA) is 65.7 Å². The van der Waals surface area contributed by atoms with Gasteiger partial charge in [-0.15, -0.1) is 0 Å². The summed E-state index contributed by atoms with van der Waals surface area (Å²) in [4.78, 5) is 25.4. The maximum absolute atomic E-state index is 13.2. The summed E-state index contributed by atoms with van der Waals surface area (Å²) in [5, 5.41) is 0.761. The average Bonchev–Trinajstić information content (AvgIpc) is 2.58. The summed E-state index contributed by atoms with van der Waals surface area (Å²) in [7, 11) is 0. The van der Waals surface area contributed by atoms with Gasteiger partial charge in [0.05, 0.1) is 11.3 Å². The summed E-state index contributed by atoms with van der Waals surface area (Å²) in [6.45, 7) is 9.93. The third kappa shape index (κ3) is 2.75. The van der Waals surface area contributed by atoms with Crippen LogP contribution < -0.4 is 15.1 Å². The van der Waals surface area contributed by atoms with Crippen molar-refractivity contribution in [2.24, 2.45) is 5.92 Å². The number of hydrogen-bond donors (Lipinski definition) is 0. The number of carbonyl (C=O) groups is 1. The molecule has 4 rings (SSSR count). The van der Waals surface area contributed by atoms with Crippen molar-refractivity contribution >= 4 is 16.8 Å². The van der Waals surface area contributed by atoms with E-state index < -0.39 is 5.63 Å². The lowest BCUT2D eigenvalue weighted by molar-refractivity contribution is 0.0690. The van der Waals surface area contributed by atoms with Crippen molar-refractivity contribution in [1.29, 1.82) is 0 Å². The van der Waals surface area contributed by atoms with E-state index in [9.17, 15) is 9.59 Å². The molecule has 0 bridgehead atoms. The SMILES string of the molecule is CCCc1cc(=O)oc2c3c(c4c(c12)OC(C)(C)CC4)O[C@H](C)C(C)C3=O. The Labute approximate surface area is 158 Å². The van der Waals surface area contributed by atoms with Gasteiger partial charge in [0.1, 0.15) is 28.8 Å². The summed E-state index contributed by atoms with van der Waals surface area (Å²) >= 11 is 0. The lowest BCUT2D eigenvalue weighted by Gasteiger charge is -2.37. The zero-order chi connectivity index (χ0) is 19.5. The molecule has 0 radical (unpaired) electrons. The molecule has 0 amide bonds. The van der Waals surface area contributed by atoms with Crippen LogP contribution in [-0.4, -0.2) is 17.5 Å². The lowest BCUT2D eigenvalue weighted by atomic mass is 9.84. The molecule has 1 aromatic carbocycles. The highest BCUT2D eigenvalue weighted by molar-refractivity contribution is 6.13. The first kappa shape index (κ1) is 18.1. The molecule has 2 aromatic rings. The van der Waals surface area contributed by atoms with E-state index in [1.807, 2.05) is 13.8 Å². The number of Topliss-reactive ketones (excluding diaryl/α,β-unsaturated/α-hetero) is 1. The van der Waals surface area contributed by atoms with Gasteiger partial charge in [-0.25, -0.2) is 4.79 Å². The zero-order valence-corrected chi connectivity index (χ0v) is 16.6. The number of hydrogen-bond acceptors (Lipinski definition) is 5. The monoisotopic (exact) mass is 370 g/mol. The van der Waals surface area contributed by atoms with Gasteiger partial charge in [0, 0.05) is 11.6 Å². The van der Waals surface area contributed by atoms with Crippen molar-refractivity contribution in [3.63, 3.8) is 0 Å². The first-order valence-electron chi connectivity index (χ1n) is 9.79. The third-order valence-electron chi connectivity index (χ3n) is 5.81. The molecule has 2 atom stereocenters. The summed E-state index contributed by atoms with van der Waals surface area (Å²) in [6.07, 6.45) is 2.97. The van der Waals surface area contributed by atoms with Crippen LogP contribution in [0.2, 0.25) is 0 Å². The van der Waals surface area contributed by atoms with E-state index in [1.54, 1.807) is 0 Å². The molecular weight excluding hydrogens is 344 g/mol. The number of ketones is 1. The Morgan fingerprint density at radius 3 is 2.63 bits per heavy atom. The van der Waals surface area contributed by atoms with Gasteiger partial charge in [0.15, 0.2) is 11.4 Å². The Balaban J connectivity index is 2.15. The molecular formula is C22H26O5. The molecule has 27 heavy (non-hydrogen) atoms. The Bertz CT molecular complexity index is 998. The molecule has 5 nitrogen and oxygen atoms in total. The van der Waals surface area contributed by atoms with Gasteiger partial charge in [-0.3, -0.25) is 4.79 Å². The Morgan fingerprint density at radius 1 is 1.19 bits per heavy atom. The molecule has 0 aliphatic carbocycles. The van der Waals surface area contributed by atoms with Crippen LogP contribution in [0.25, 0.3) is 11.0 Å². The molecule has 3 heterocycles. The second-order valence-corrected chi connectivity index (χ2v) is 8.39. The number of ether oxygens (including phenoxy) is 2. The molecule has 144 valence electrons. The predicted molar refractivity (Wildman–Crippen MR) is 103 cm³/mol. The van der Waals surface area contributed by atoms with Crippen molar-refractivity contribution in [2.75, 3.05) is 0 Å². The average molecular weight is 370 g/mol. The second-order valence-electron chi connectivity index (χ2n) is 8.39. The fourth-order valence-electron chi connectivity index (χ4n) is 4.12. The highest BCUT2D eigenvalue weighted by Crippen LogP contribution is 2.49. The highest BCUT2D eigenvalue weighted by atomic mass is 16.5. The van der Waals surface area contributed by atoms with Crippen LogP contribution in [0.1, 0.15) is 68.9 Å². The molecule has 0 saturated heterocycles. The first-order valence-corrected chi connectivity index (χ1v) is 9.79. The van der Waals surface area contributed by atoms with Crippen LogP contribution >= 0.6 is 0 Å². The van der Waals surface area contributed by atoms with E-state index in [1.165, 1.54) is 6.07 Å². The fourth-order valence-corrected chi connectivity index (χ4v) is 4.12. The maximum Gasteiger partial charge on any atom is 0.336 e. The minimum absolute atomic E-state index is 0.0295. The van der Waals surface area contributed by atoms with Crippen molar-refractivity contribution in [3.8, 4) is 11.5 Å². The molecule has 1 unspecified atom stereocenters. The number of aryl methyl sites for hydroxylation is 1. The molecule has 0 spiro atoms. The van der Waals surface area contributed by atoms with Gasteiger partial charge in [0.2, 0.25) is 0 Å². The van der Waals surface area contributed by atoms with E-state index in [4.69, 9.17) is 13.9 Å². The summed E-state index contributed by atoms with van der Waals surface area (Å²) in [5.41, 5.74) is 1.76. The summed E-state index contributed by atoms with van der Waals surface area (Å²) in [5.74, 6) is 0.931. The van der Waals surface area contributed by atoms with Crippen molar-refractivity contribution in [3.05, 3.63) is 33.2 Å². The number of rotatable bonds is 2. The third-order valence-corrected chi connectivity index (χ3v) is 5.81. The molecule has 2 aliphatic rings. The van der Waals surface area contributed by atoms with E-state index in [-0.39, 0.29) is 23.4 Å². The minimum Gasteiger partial charge on any atom is -0.489 e.